The van der Waals surface area contributed by atoms with E-state index in [1.165, 1.54) is 12.1 Å². The zero-order chi connectivity index (χ0) is 16.3. The Labute approximate surface area is 135 Å². The molecule has 1 fully saturated rings. The predicted molar refractivity (Wildman–Crippen MR) is 84.7 cm³/mol. The smallest absolute Gasteiger partial charge is 0.256 e. The van der Waals surface area contributed by atoms with Crippen LogP contribution < -0.4 is 0 Å². The summed E-state index contributed by atoms with van der Waals surface area (Å²) >= 11 is 5.72. The van der Waals surface area contributed by atoms with Gasteiger partial charge < -0.3 is 14.9 Å². The maximum Gasteiger partial charge on any atom is 0.256 e. The number of rotatable bonds is 3. The molecule has 1 aliphatic heterocycles. The number of likely N-dealkylation sites (tertiary alicyclic amines) is 1. The molecule has 1 saturated heterocycles. The number of benzene rings is 1. The quantitative estimate of drug-likeness (QED) is 0.926. The predicted octanol–water partition coefficient (Wildman–Crippen LogP) is 2.40. The van der Waals surface area contributed by atoms with Crippen LogP contribution in [0.3, 0.4) is 0 Å². The van der Waals surface area contributed by atoms with Gasteiger partial charge in [0.15, 0.2) is 0 Å². The topological polar surface area (TPSA) is 43.8 Å². The van der Waals surface area contributed by atoms with E-state index in [-0.39, 0.29) is 16.5 Å². The number of halogens is 2. The molecule has 0 radical (unpaired) electrons. The highest BCUT2D eigenvalue weighted by atomic mass is 35.5. The third-order valence-corrected chi connectivity index (χ3v) is 4.21. The summed E-state index contributed by atoms with van der Waals surface area (Å²) < 4.78 is 13.9. The van der Waals surface area contributed by atoms with Crippen molar-refractivity contribution < 1.29 is 14.3 Å². The van der Waals surface area contributed by atoms with E-state index < -0.39 is 11.4 Å². The van der Waals surface area contributed by atoms with Gasteiger partial charge in [-0.05, 0) is 51.6 Å². The summed E-state index contributed by atoms with van der Waals surface area (Å²) in [6.45, 7) is 1.51. The number of likely N-dealkylation sites (N-methyl/N-ethyl adjacent to an activating group) is 1. The molecule has 4 nitrogen and oxygen atoms in total. The first-order chi connectivity index (χ1) is 10.3. The maximum atomic E-state index is 13.9. The van der Waals surface area contributed by atoms with Gasteiger partial charge >= 0.3 is 0 Å². The number of hydrogen-bond donors (Lipinski definition) is 1. The third kappa shape index (κ3) is 4.18. The first kappa shape index (κ1) is 17.2. The molecule has 1 aromatic rings. The normalized spacial score (nSPS) is 22.7. The molecule has 1 heterocycles. The van der Waals surface area contributed by atoms with E-state index in [9.17, 15) is 14.3 Å². The van der Waals surface area contributed by atoms with Gasteiger partial charge in [0.2, 0.25) is 0 Å². The van der Waals surface area contributed by atoms with Crippen LogP contribution in [0, 0.1) is 5.82 Å². The minimum Gasteiger partial charge on any atom is -0.388 e. The van der Waals surface area contributed by atoms with E-state index in [1.54, 1.807) is 4.90 Å². The number of carbonyl (C=O) groups excluding carboxylic acids is 1. The molecule has 1 N–H and O–H groups in total. The Morgan fingerprint density at radius 3 is 2.77 bits per heavy atom. The molecule has 1 atom stereocenters. The van der Waals surface area contributed by atoms with Crippen LogP contribution in [0.1, 0.15) is 29.6 Å². The van der Waals surface area contributed by atoms with Crippen molar-refractivity contribution in [1.82, 2.24) is 9.80 Å². The molecule has 6 heteroatoms. The van der Waals surface area contributed by atoms with Crippen LogP contribution in [-0.2, 0) is 0 Å². The fourth-order valence-corrected chi connectivity index (χ4v) is 3.12. The van der Waals surface area contributed by atoms with Crippen LogP contribution in [0.2, 0.25) is 5.02 Å². The molecule has 1 amide bonds. The molecule has 0 aliphatic carbocycles. The number of carbonyl (C=O) groups is 1. The van der Waals surface area contributed by atoms with Crippen molar-refractivity contribution in [1.29, 1.82) is 0 Å². The largest absolute Gasteiger partial charge is 0.388 e. The van der Waals surface area contributed by atoms with Gasteiger partial charge in [-0.2, -0.15) is 0 Å². The molecule has 2 rings (SSSR count). The molecule has 0 bridgehead atoms. The molecule has 1 aromatic carbocycles. The molecular formula is C16H22ClFN2O2. The van der Waals surface area contributed by atoms with E-state index in [4.69, 9.17) is 11.6 Å². The number of nitrogens with zero attached hydrogens (tertiary/aromatic N) is 2. The van der Waals surface area contributed by atoms with E-state index in [0.717, 1.165) is 6.07 Å². The molecule has 0 spiro atoms. The Hall–Kier alpha value is -1.17. The third-order valence-electron chi connectivity index (χ3n) is 3.98. The van der Waals surface area contributed by atoms with Crippen LogP contribution in [0.5, 0.6) is 0 Å². The Bertz CT molecular complexity index is 553. The van der Waals surface area contributed by atoms with Gasteiger partial charge in [0.05, 0.1) is 11.2 Å². The number of hydrogen-bond acceptors (Lipinski definition) is 3. The molecule has 22 heavy (non-hydrogen) atoms. The highest BCUT2D eigenvalue weighted by molar-refractivity contribution is 6.30. The molecule has 0 aromatic heterocycles. The van der Waals surface area contributed by atoms with Gasteiger partial charge in [-0.3, -0.25) is 4.79 Å². The molecule has 0 saturated carbocycles. The lowest BCUT2D eigenvalue weighted by atomic mass is 9.94. The second-order valence-corrected chi connectivity index (χ2v) is 6.67. The highest BCUT2D eigenvalue weighted by Crippen LogP contribution is 2.25. The standard InChI is InChI=1S/C16H22ClFN2O2/c1-19(2)11-16(22)6-3-8-20(9-7-16)15(21)13-5-4-12(17)10-14(13)18/h4-5,10,22H,3,6-9,11H2,1-2H3. The highest BCUT2D eigenvalue weighted by Gasteiger charge is 2.32. The van der Waals surface area contributed by atoms with Crippen LogP contribution in [-0.4, -0.2) is 60.1 Å². The number of aliphatic hydroxyl groups is 1. The molecule has 122 valence electrons. The fourth-order valence-electron chi connectivity index (χ4n) is 2.96. The van der Waals surface area contributed by atoms with Crippen LogP contribution in [0.15, 0.2) is 18.2 Å². The van der Waals surface area contributed by atoms with Gasteiger partial charge in [-0.1, -0.05) is 11.6 Å². The van der Waals surface area contributed by atoms with Crippen molar-refractivity contribution in [3.8, 4) is 0 Å². The number of amides is 1. The first-order valence-electron chi connectivity index (χ1n) is 7.42. The SMILES string of the molecule is CN(C)CC1(O)CCCN(C(=O)c2ccc(Cl)cc2F)CC1. The van der Waals surface area contributed by atoms with E-state index in [2.05, 4.69) is 0 Å². The van der Waals surface area contributed by atoms with Crippen molar-refractivity contribution >= 4 is 17.5 Å². The summed E-state index contributed by atoms with van der Waals surface area (Å²) in [4.78, 5) is 16.0. The van der Waals surface area contributed by atoms with E-state index in [0.29, 0.717) is 38.9 Å². The lowest BCUT2D eigenvalue weighted by Crippen LogP contribution is -2.41. The Balaban J connectivity index is 2.09. The summed E-state index contributed by atoms with van der Waals surface area (Å²) in [5.41, 5.74) is -0.765. The maximum absolute atomic E-state index is 13.9. The second kappa shape index (κ2) is 6.94. The Morgan fingerprint density at radius 1 is 1.41 bits per heavy atom. The van der Waals surface area contributed by atoms with E-state index >= 15 is 0 Å². The average Bonchev–Trinajstić information content (AvgIpc) is 2.59. The summed E-state index contributed by atoms with van der Waals surface area (Å²) in [5.74, 6) is -0.950. The van der Waals surface area contributed by atoms with Gasteiger partial charge in [0.1, 0.15) is 5.82 Å². The Morgan fingerprint density at radius 2 is 2.14 bits per heavy atom. The zero-order valence-electron chi connectivity index (χ0n) is 13.0. The summed E-state index contributed by atoms with van der Waals surface area (Å²) in [6.07, 6.45) is 1.83. The van der Waals surface area contributed by atoms with Gasteiger partial charge in [-0.15, -0.1) is 0 Å². The van der Waals surface area contributed by atoms with Gasteiger partial charge in [0.25, 0.3) is 5.91 Å². The van der Waals surface area contributed by atoms with E-state index in [1.807, 2.05) is 19.0 Å². The lowest BCUT2D eigenvalue weighted by molar-refractivity contribution is 0.00304. The summed E-state index contributed by atoms with van der Waals surface area (Å²) in [5, 5.41) is 10.9. The van der Waals surface area contributed by atoms with Crippen molar-refractivity contribution in [3.05, 3.63) is 34.6 Å². The molecule has 1 unspecified atom stereocenters. The summed E-state index contributed by atoms with van der Waals surface area (Å²) in [6, 6.07) is 4.07. The van der Waals surface area contributed by atoms with Gasteiger partial charge in [-0.25, -0.2) is 4.39 Å². The molecular weight excluding hydrogens is 307 g/mol. The minimum atomic E-state index is -0.795. The van der Waals surface area contributed by atoms with Crippen LogP contribution in [0.4, 0.5) is 4.39 Å². The van der Waals surface area contributed by atoms with Crippen molar-refractivity contribution in [2.45, 2.75) is 24.9 Å². The van der Waals surface area contributed by atoms with Crippen LogP contribution in [0.25, 0.3) is 0 Å². The average molecular weight is 329 g/mol. The molecule has 1 aliphatic rings. The monoisotopic (exact) mass is 328 g/mol. The second-order valence-electron chi connectivity index (χ2n) is 6.23. The minimum absolute atomic E-state index is 0.0300. The summed E-state index contributed by atoms with van der Waals surface area (Å²) in [7, 11) is 3.82. The zero-order valence-corrected chi connectivity index (χ0v) is 13.7. The fraction of sp³-hybridized carbons (Fsp3) is 0.562. The first-order valence-corrected chi connectivity index (χ1v) is 7.80. The van der Waals surface area contributed by atoms with Gasteiger partial charge in [0, 0.05) is 24.7 Å². The van der Waals surface area contributed by atoms with Crippen molar-refractivity contribution in [3.63, 3.8) is 0 Å². The van der Waals surface area contributed by atoms with Crippen LogP contribution >= 0.6 is 11.6 Å². The van der Waals surface area contributed by atoms with Crippen molar-refractivity contribution in [2.24, 2.45) is 0 Å². The lowest BCUT2D eigenvalue weighted by Gasteiger charge is -2.30. The Kier molecular flexibility index (Phi) is 5.42. The van der Waals surface area contributed by atoms with Crippen molar-refractivity contribution in [2.75, 3.05) is 33.7 Å².